The van der Waals surface area contributed by atoms with Gasteiger partial charge in [-0.2, -0.15) is 0 Å². The Morgan fingerprint density at radius 3 is 2.37 bits per heavy atom. The summed E-state index contributed by atoms with van der Waals surface area (Å²) in [4.78, 5) is 12.6. The number of piperidine rings is 1. The van der Waals surface area contributed by atoms with E-state index < -0.39 is 10.0 Å². The van der Waals surface area contributed by atoms with Gasteiger partial charge in [0.25, 0.3) is 0 Å². The molecule has 0 unspecified atom stereocenters. The fraction of sp³-hybridized carbons (Fsp3) is 0.667. The van der Waals surface area contributed by atoms with Crippen molar-refractivity contribution in [2.75, 3.05) is 13.1 Å². The quantitative estimate of drug-likeness (QED) is 0.841. The molecule has 1 aromatic carbocycles. The minimum absolute atomic E-state index is 0.0370. The fourth-order valence-corrected chi connectivity index (χ4v) is 6.67. The molecule has 6 heteroatoms. The van der Waals surface area contributed by atoms with Gasteiger partial charge in [0.1, 0.15) is 0 Å². The molecule has 27 heavy (non-hydrogen) atoms. The fourth-order valence-electron chi connectivity index (χ4n) is 5.10. The van der Waals surface area contributed by atoms with Gasteiger partial charge in [-0.3, -0.25) is 4.79 Å². The van der Waals surface area contributed by atoms with Crippen LogP contribution in [0, 0.1) is 24.7 Å². The van der Waals surface area contributed by atoms with Crippen LogP contribution in [0.5, 0.6) is 0 Å². The van der Waals surface area contributed by atoms with Crippen molar-refractivity contribution < 1.29 is 13.2 Å². The summed E-state index contributed by atoms with van der Waals surface area (Å²) >= 11 is 0. The smallest absolute Gasteiger partial charge is 0.223 e. The number of sulfonamides is 1. The highest BCUT2D eigenvalue weighted by atomic mass is 32.2. The maximum Gasteiger partial charge on any atom is 0.223 e. The van der Waals surface area contributed by atoms with Crippen molar-refractivity contribution >= 4 is 15.9 Å². The average molecular weight is 391 g/mol. The summed E-state index contributed by atoms with van der Waals surface area (Å²) in [5.41, 5.74) is 1.94. The number of amides is 1. The second kappa shape index (κ2) is 7.55. The lowest BCUT2D eigenvalue weighted by Gasteiger charge is -2.32. The first kappa shape index (κ1) is 18.9. The third kappa shape index (κ3) is 4.21. The maximum absolute atomic E-state index is 12.7. The lowest BCUT2D eigenvalue weighted by atomic mass is 9.93. The van der Waals surface area contributed by atoms with E-state index in [0.29, 0.717) is 37.9 Å². The zero-order valence-corrected chi connectivity index (χ0v) is 16.9. The molecular weight excluding hydrogens is 360 g/mol. The molecule has 0 radical (unpaired) electrons. The molecule has 1 amide bonds. The summed E-state index contributed by atoms with van der Waals surface area (Å²) in [5.74, 6) is 1.62. The molecular formula is C21H30N2O3S. The molecule has 3 atom stereocenters. The standard InChI is InChI=1S/C21H30N2O3S/c1-15-2-4-16(5-3-15)14-27(25,26)23-10-8-18(9-11-23)21(24)22-20-13-17-6-7-19(20)12-17/h2-5,17-20H,6-14H2,1H3,(H,22,24)/t17-,19-,20+/m1/s1. The van der Waals surface area contributed by atoms with Crippen LogP contribution in [0.15, 0.2) is 24.3 Å². The van der Waals surface area contributed by atoms with Gasteiger partial charge in [0.2, 0.25) is 15.9 Å². The Morgan fingerprint density at radius 2 is 1.78 bits per heavy atom. The normalized spacial score (nSPS) is 29.1. The van der Waals surface area contributed by atoms with E-state index in [9.17, 15) is 13.2 Å². The molecule has 1 aromatic rings. The van der Waals surface area contributed by atoms with Crippen LogP contribution in [0.1, 0.15) is 49.7 Å². The minimum atomic E-state index is -3.33. The number of carbonyl (C=O) groups excluding carboxylic acids is 1. The molecule has 148 valence electrons. The molecule has 5 nitrogen and oxygen atoms in total. The highest BCUT2D eigenvalue weighted by molar-refractivity contribution is 7.88. The van der Waals surface area contributed by atoms with E-state index in [1.807, 2.05) is 31.2 Å². The molecule has 1 N–H and O–H groups in total. The number of carbonyl (C=O) groups is 1. The van der Waals surface area contributed by atoms with Crippen molar-refractivity contribution in [3.63, 3.8) is 0 Å². The number of fused-ring (bicyclic) bond motifs is 2. The second-order valence-corrected chi connectivity index (χ2v) is 10.7. The monoisotopic (exact) mass is 390 g/mol. The summed E-state index contributed by atoms with van der Waals surface area (Å²) in [6, 6.07) is 8.00. The van der Waals surface area contributed by atoms with Gasteiger partial charge in [-0.1, -0.05) is 36.2 Å². The lowest BCUT2D eigenvalue weighted by Crippen LogP contribution is -2.46. The molecule has 2 saturated carbocycles. The summed E-state index contributed by atoms with van der Waals surface area (Å²) < 4.78 is 27.0. The van der Waals surface area contributed by atoms with Gasteiger partial charge in [-0.05, 0) is 56.4 Å². The van der Waals surface area contributed by atoms with Gasteiger partial charge in [0, 0.05) is 25.0 Å². The molecule has 2 aliphatic carbocycles. The molecule has 3 fully saturated rings. The molecule has 3 aliphatic rings. The maximum atomic E-state index is 12.7. The van der Waals surface area contributed by atoms with Crippen LogP contribution < -0.4 is 5.32 Å². The van der Waals surface area contributed by atoms with Crippen LogP contribution in [0.25, 0.3) is 0 Å². The number of benzene rings is 1. The van der Waals surface area contributed by atoms with Crippen LogP contribution in [0.3, 0.4) is 0 Å². The molecule has 4 rings (SSSR count). The Balaban J connectivity index is 1.29. The zero-order chi connectivity index (χ0) is 19.0. The molecule has 0 aromatic heterocycles. The average Bonchev–Trinajstić information content (AvgIpc) is 3.27. The van der Waals surface area contributed by atoms with E-state index in [1.54, 1.807) is 4.31 Å². The Bertz CT molecular complexity index is 782. The minimum Gasteiger partial charge on any atom is -0.353 e. The first-order valence-corrected chi connectivity index (χ1v) is 11.9. The number of nitrogens with one attached hydrogen (secondary N) is 1. The van der Waals surface area contributed by atoms with Gasteiger partial charge >= 0.3 is 0 Å². The van der Waals surface area contributed by atoms with E-state index >= 15 is 0 Å². The van der Waals surface area contributed by atoms with Crippen molar-refractivity contribution in [2.24, 2.45) is 17.8 Å². The van der Waals surface area contributed by atoms with Crippen LogP contribution >= 0.6 is 0 Å². The van der Waals surface area contributed by atoms with Gasteiger partial charge in [-0.25, -0.2) is 12.7 Å². The Hall–Kier alpha value is -1.40. The predicted molar refractivity (Wildman–Crippen MR) is 105 cm³/mol. The highest BCUT2D eigenvalue weighted by Crippen LogP contribution is 2.44. The van der Waals surface area contributed by atoms with E-state index in [0.717, 1.165) is 23.5 Å². The largest absolute Gasteiger partial charge is 0.353 e. The number of nitrogens with zero attached hydrogens (tertiary/aromatic N) is 1. The first-order chi connectivity index (χ1) is 12.9. The Labute approximate surface area is 162 Å². The topological polar surface area (TPSA) is 66.5 Å². The number of hydrogen-bond donors (Lipinski definition) is 1. The van der Waals surface area contributed by atoms with Crippen LogP contribution in [-0.2, 0) is 20.6 Å². The van der Waals surface area contributed by atoms with E-state index in [2.05, 4.69) is 5.32 Å². The predicted octanol–water partition coefficient (Wildman–Crippen LogP) is 2.84. The second-order valence-electron chi connectivity index (χ2n) is 8.71. The van der Waals surface area contributed by atoms with Crippen LogP contribution in [-0.4, -0.2) is 37.8 Å². The van der Waals surface area contributed by atoms with Gasteiger partial charge in [0.05, 0.1) is 5.75 Å². The number of hydrogen-bond acceptors (Lipinski definition) is 3. The number of rotatable bonds is 5. The first-order valence-electron chi connectivity index (χ1n) is 10.2. The van der Waals surface area contributed by atoms with Crippen molar-refractivity contribution in [1.82, 2.24) is 9.62 Å². The molecule has 1 heterocycles. The van der Waals surface area contributed by atoms with E-state index in [1.165, 1.54) is 19.3 Å². The summed E-state index contributed by atoms with van der Waals surface area (Å²) in [7, 11) is -3.33. The van der Waals surface area contributed by atoms with Crippen molar-refractivity contribution in [3.8, 4) is 0 Å². The summed E-state index contributed by atoms with van der Waals surface area (Å²) in [6.45, 7) is 2.89. The zero-order valence-electron chi connectivity index (χ0n) is 16.1. The van der Waals surface area contributed by atoms with Crippen molar-refractivity contribution in [2.45, 2.75) is 57.2 Å². The molecule has 1 aliphatic heterocycles. The molecule has 2 bridgehead atoms. The third-order valence-corrected chi connectivity index (χ3v) is 8.60. The van der Waals surface area contributed by atoms with Crippen molar-refractivity contribution in [1.29, 1.82) is 0 Å². The van der Waals surface area contributed by atoms with E-state index in [4.69, 9.17) is 0 Å². The number of aryl methyl sites for hydroxylation is 1. The van der Waals surface area contributed by atoms with Gasteiger partial charge in [-0.15, -0.1) is 0 Å². The SMILES string of the molecule is Cc1ccc(CS(=O)(=O)N2CCC(C(=O)N[C@H]3C[C@@H]4CC[C@@H]3C4)CC2)cc1. The van der Waals surface area contributed by atoms with Crippen LogP contribution in [0.2, 0.25) is 0 Å². The van der Waals surface area contributed by atoms with E-state index in [-0.39, 0.29) is 17.6 Å². The lowest BCUT2D eigenvalue weighted by molar-refractivity contribution is -0.127. The van der Waals surface area contributed by atoms with Crippen LogP contribution in [0.4, 0.5) is 0 Å². The Kier molecular flexibility index (Phi) is 5.30. The summed E-state index contributed by atoms with van der Waals surface area (Å²) in [5, 5.41) is 3.27. The summed E-state index contributed by atoms with van der Waals surface area (Å²) in [6.07, 6.45) is 6.25. The highest BCUT2D eigenvalue weighted by Gasteiger charge is 2.41. The Morgan fingerprint density at radius 1 is 1.07 bits per heavy atom. The van der Waals surface area contributed by atoms with Crippen molar-refractivity contribution in [3.05, 3.63) is 35.4 Å². The third-order valence-electron chi connectivity index (χ3n) is 6.75. The van der Waals surface area contributed by atoms with Gasteiger partial charge < -0.3 is 5.32 Å². The molecule has 0 spiro atoms. The van der Waals surface area contributed by atoms with Gasteiger partial charge in [0.15, 0.2) is 0 Å². The molecule has 1 saturated heterocycles.